The van der Waals surface area contributed by atoms with Gasteiger partial charge in [0.2, 0.25) is 0 Å². The molecule has 2 fully saturated rings. The second-order valence-corrected chi connectivity index (χ2v) is 9.57. The van der Waals surface area contributed by atoms with E-state index in [9.17, 15) is 9.59 Å². The van der Waals surface area contributed by atoms with Gasteiger partial charge < -0.3 is 9.47 Å². The van der Waals surface area contributed by atoms with E-state index >= 15 is 0 Å². The van der Waals surface area contributed by atoms with Crippen molar-refractivity contribution in [1.82, 2.24) is 19.5 Å². The van der Waals surface area contributed by atoms with E-state index in [0.717, 1.165) is 42.6 Å². The normalized spacial score (nSPS) is 18.1. The fourth-order valence-corrected chi connectivity index (χ4v) is 5.20. The second-order valence-electron chi connectivity index (χ2n) is 8.17. The number of fused-ring (bicyclic) bond motifs is 2. The van der Waals surface area contributed by atoms with Crippen LogP contribution >= 0.6 is 23.4 Å². The predicted octanol–water partition coefficient (Wildman–Crippen LogP) is 3.50. The minimum Gasteiger partial charge on any atom is -0.467 e. The van der Waals surface area contributed by atoms with Crippen LogP contribution in [0.4, 0.5) is 0 Å². The third kappa shape index (κ3) is 3.54. The van der Waals surface area contributed by atoms with Gasteiger partial charge in [0, 0.05) is 33.9 Å². The minimum absolute atomic E-state index is 0.0972. The molecule has 2 aromatic heterocycles. The average molecular weight is 459 g/mol. The van der Waals surface area contributed by atoms with E-state index in [1.165, 1.54) is 11.8 Å². The van der Waals surface area contributed by atoms with Gasteiger partial charge in [-0.2, -0.15) is 0 Å². The highest BCUT2D eigenvalue weighted by Crippen LogP contribution is 2.42. The Morgan fingerprint density at radius 1 is 1.19 bits per heavy atom. The van der Waals surface area contributed by atoms with Crippen LogP contribution in [0.25, 0.3) is 11.0 Å². The summed E-state index contributed by atoms with van der Waals surface area (Å²) in [6.07, 6.45) is 3.89. The van der Waals surface area contributed by atoms with Crippen molar-refractivity contribution in [3.8, 4) is 5.75 Å². The van der Waals surface area contributed by atoms with Gasteiger partial charge in [-0.1, -0.05) is 11.6 Å². The number of hydrogen-bond acceptors (Lipinski definition) is 7. The van der Waals surface area contributed by atoms with Crippen molar-refractivity contribution in [1.29, 1.82) is 0 Å². The smallest absolute Gasteiger partial charge is 0.330 e. The molecule has 0 saturated heterocycles. The topological polar surface area (TPSA) is 99.1 Å². The Morgan fingerprint density at radius 3 is 2.81 bits per heavy atom. The Morgan fingerprint density at radius 2 is 2.03 bits per heavy atom. The van der Waals surface area contributed by atoms with Gasteiger partial charge in [0.05, 0.1) is 6.61 Å². The second kappa shape index (κ2) is 7.36. The van der Waals surface area contributed by atoms with Crippen molar-refractivity contribution < 1.29 is 9.47 Å². The molecule has 0 unspecified atom stereocenters. The zero-order valence-electron chi connectivity index (χ0n) is 16.5. The Balaban J connectivity index is 1.46. The fraction of sp³-hybridized carbons (Fsp3) is 0.429. The zero-order chi connectivity index (χ0) is 21.1. The summed E-state index contributed by atoms with van der Waals surface area (Å²) in [6.45, 7) is 0.644. The third-order valence-corrected chi connectivity index (χ3v) is 6.98. The number of halogens is 1. The summed E-state index contributed by atoms with van der Waals surface area (Å²) >= 11 is 7.74. The molecule has 0 atom stereocenters. The highest BCUT2D eigenvalue weighted by atomic mass is 35.5. The van der Waals surface area contributed by atoms with Crippen LogP contribution in [0.3, 0.4) is 0 Å². The van der Waals surface area contributed by atoms with E-state index in [0.29, 0.717) is 45.2 Å². The van der Waals surface area contributed by atoms with Gasteiger partial charge in [0.25, 0.3) is 5.56 Å². The van der Waals surface area contributed by atoms with E-state index in [2.05, 4.69) is 9.97 Å². The summed E-state index contributed by atoms with van der Waals surface area (Å²) in [7, 11) is 0. The van der Waals surface area contributed by atoms with Crippen LogP contribution in [0.1, 0.15) is 54.6 Å². The molecule has 1 aliphatic heterocycles. The van der Waals surface area contributed by atoms with Crippen molar-refractivity contribution in [2.45, 2.75) is 55.0 Å². The summed E-state index contributed by atoms with van der Waals surface area (Å²) in [5.74, 6) is 2.30. The van der Waals surface area contributed by atoms with Crippen molar-refractivity contribution >= 4 is 34.4 Å². The highest BCUT2D eigenvalue weighted by molar-refractivity contribution is 7.98. The number of thioether (sulfide) groups is 1. The van der Waals surface area contributed by atoms with E-state index in [4.69, 9.17) is 26.1 Å². The molecule has 1 N–H and O–H groups in total. The summed E-state index contributed by atoms with van der Waals surface area (Å²) in [5.41, 5.74) is 1.44. The quantitative estimate of drug-likeness (QED) is 0.461. The summed E-state index contributed by atoms with van der Waals surface area (Å²) in [4.78, 5) is 37.2. The maximum atomic E-state index is 12.8. The lowest BCUT2D eigenvalue weighted by Crippen LogP contribution is -2.31. The molecule has 3 aliphatic rings. The van der Waals surface area contributed by atoms with Gasteiger partial charge in [-0.3, -0.25) is 14.3 Å². The molecule has 160 valence electrons. The Kier molecular flexibility index (Phi) is 4.59. The largest absolute Gasteiger partial charge is 0.467 e. The van der Waals surface area contributed by atoms with Gasteiger partial charge in [0.1, 0.15) is 22.0 Å². The molecular formula is C21H19ClN4O4S. The van der Waals surface area contributed by atoms with Gasteiger partial charge in [0.15, 0.2) is 12.4 Å². The minimum atomic E-state index is -0.445. The molecule has 0 radical (unpaired) electrons. The first-order valence-corrected chi connectivity index (χ1v) is 11.7. The summed E-state index contributed by atoms with van der Waals surface area (Å²) in [6, 6.07) is 3.81. The van der Waals surface area contributed by atoms with Crippen LogP contribution in [0.15, 0.2) is 26.7 Å². The third-order valence-electron chi connectivity index (χ3n) is 5.74. The number of aromatic amines is 1. The highest BCUT2D eigenvalue weighted by Gasteiger charge is 2.32. The number of nitrogens with zero attached hydrogens (tertiary/aromatic N) is 3. The van der Waals surface area contributed by atoms with E-state index in [1.54, 1.807) is 4.57 Å². The Labute approximate surface area is 186 Å². The molecule has 0 amide bonds. The lowest BCUT2D eigenvalue weighted by Gasteiger charge is -2.21. The van der Waals surface area contributed by atoms with Crippen molar-refractivity contribution in [3.63, 3.8) is 0 Å². The number of benzene rings is 1. The zero-order valence-corrected chi connectivity index (χ0v) is 18.1. The first-order valence-electron chi connectivity index (χ1n) is 10.3. The average Bonchev–Trinajstić information content (AvgIpc) is 3.64. The van der Waals surface area contributed by atoms with Gasteiger partial charge >= 0.3 is 5.69 Å². The molecule has 0 spiro atoms. The van der Waals surface area contributed by atoms with Crippen LogP contribution in [0.5, 0.6) is 5.75 Å². The maximum absolute atomic E-state index is 12.8. The van der Waals surface area contributed by atoms with Crippen LogP contribution in [-0.4, -0.2) is 26.3 Å². The molecule has 31 heavy (non-hydrogen) atoms. The molecule has 0 bridgehead atoms. The van der Waals surface area contributed by atoms with Crippen molar-refractivity contribution in [2.75, 3.05) is 6.79 Å². The standard InChI is InChI=1S/C21H19ClN4O4S/c22-13-5-11-7-29-9-30-16(11)12(6-13)8-31-20-15-18(23-17(24-20)10-1-2-10)26(14-3-4-14)21(28)25-19(15)27/h5-6,10,14H,1-4,7-9H2,(H,25,27,28). The Hall–Kier alpha value is -2.36. The number of H-pyrrole nitrogens is 1. The van der Waals surface area contributed by atoms with Crippen molar-refractivity contribution in [3.05, 3.63) is 54.9 Å². The number of hydrogen-bond donors (Lipinski definition) is 1. The van der Waals surface area contributed by atoms with Crippen LogP contribution in [-0.2, 0) is 17.1 Å². The lowest BCUT2D eigenvalue weighted by molar-refractivity contribution is -0.0168. The molecule has 10 heteroatoms. The Bertz CT molecular complexity index is 1330. The maximum Gasteiger partial charge on any atom is 0.330 e. The number of ether oxygens (including phenoxy) is 2. The van der Waals surface area contributed by atoms with Crippen molar-refractivity contribution in [2.24, 2.45) is 0 Å². The predicted molar refractivity (Wildman–Crippen MR) is 116 cm³/mol. The number of nitrogens with one attached hydrogen (secondary N) is 1. The number of rotatable bonds is 5. The SMILES string of the molecule is O=c1[nH]c(=O)n(C2CC2)c2nc(C3CC3)nc(SCc3cc(Cl)cc4c3OCOC4)c12. The number of aromatic nitrogens is 4. The summed E-state index contributed by atoms with van der Waals surface area (Å²) < 4.78 is 12.7. The molecule has 2 saturated carbocycles. The first kappa shape index (κ1) is 19.3. The van der Waals surface area contributed by atoms with Crippen LogP contribution in [0, 0.1) is 0 Å². The van der Waals surface area contributed by atoms with E-state index in [1.807, 2.05) is 12.1 Å². The molecule has 6 rings (SSSR count). The van der Waals surface area contributed by atoms with Gasteiger partial charge in [-0.15, -0.1) is 11.8 Å². The molecular weight excluding hydrogens is 440 g/mol. The lowest BCUT2D eigenvalue weighted by atomic mass is 10.1. The molecule has 2 aliphatic carbocycles. The first-order chi connectivity index (χ1) is 15.1. The molecule has 3 heterocycles. The van der Waals surface area contributed by atoms with Gasteiger partial charge in [-0.25, -0.2) is 14.8 Å². The fourth-order valence-electron chi connectivity index (χ4n) is 3.94. The summed E-state index contributed by atoms with van der Waals surface area (Å²) in [5, 5.41) is 1.57. The van der Waals surface area contributed by atoms with Crippen LogP contribution < -0.4 is 16.0 Å². The van der Waals surface area contributed by atoms with Crippen LogP contribution in [0.2, 0.25) is 5.02 Å². The van der Waals surface area contributed by atoms with E-state index in [-0.39, 0.29) is 12.8 Å². The molecule has 1 aromatic carbocycles. The van der Waals surface area contributed by atoms with Gasteiger partial charge in [-0.05, 0) is 37.8 Å². The monoisotopic (exact) mass is 458 g/mol. The van der Waals surface area contributed by atoms with E-state index < -0.39 is 11.2 Å². The molecule has 8 nitrogen and oxygen atoms in total. The molecule has 3 aromatic rings.